The van der Waals surface area contributed by atoms with Crippen LogP contribution in [-0.2, 0) is 44.3 Å². The van der Waals surface area contributed by atoms with Crippen LogP contribution in [0.1, 0.15) is 68.7 Å². The maximum atomic E-state index is 10.7. The van der Waals surface area contributed by atoms with Crippen molar-refractivity contribution in [1.82, 2.24) is 18.4 Å². The van der Waals surface area contributed by atoms with Gasteiger partial charge in [0.15, 0.2) is 0 Å². The fourth-order valence-corrected chi connectivity index (χ4v) is 1.18. The summed E-state index contributed by atoms with van der Waals surface area (Å²) in [6, 6.07) is 0. The van der Waals surface area contributed by atoms with E-state index in [1.807, 2.05) is 34.7 Å². The highest BCUT2D eigenvalue weighted by Crippen LogP contribution is 2.09. The molecule has 41 heavy (non-hydrogen) atoms. The van der Waals surface area contributed by atoms with E-state index in [1.165, 1.54) is 42.7 Å². The van der Waals surface area contributed by atoms with Gasteiger partial charge in [0.1, 0.15) is 15.6 Å². The lowest BCUT2D eigenvalue weighted by Crippen LogP contribution is -2.41. The van der Waals surface area contributed by atoms with Crippen molar-refractivity contribution in [2.24, 2.45) is 0 Å². The van der Waals surface area contributed by atoms with Crippen LogP contribution in [0.5, 0.6) is 0 Å². The molecule has 0 aliphatic carbocycles. The average Bonchev–Trinajstić information content (AvgIpc) is 2.77. The number of amides is 2. The fourth-order valence-electron chi connectivity index (χ4n) is 0.707. The lowest BCUT2D eigenvalue weighted by Gasteiger charge is -2.30. The Balaban J connectivity index is -0.0000000906. The van der Waals surface area contributed by atoms with Crippen molar-refractivity contribution < 1.29 is 39.6 Å². The Labute approximate surface area is 252 Å². The maximum Gasteiger partial charge on any atom is 0.219 e. The van der Waals surface area contributed by atoms with E-state index in [9.17, 15) is 39.6 Å². The third kappa shape index (κ3) is 51.6. The number of hydrogen-bond acceptors (Lipinski definition) is 9. The molecule has 0 spiro atoms. The minimum atomic E-state index is -2.92. The van der Waals surface area contributed by atoms with Crippen LogP contribution >= 0.6 is 0 Å². The topological polar surface area (TPSA) is 167 Å². The zero-order chi connectivity index (χ0) is 35.2. The molecule has 16 heteroatoms. The molecule has 0 rings (SSSR count). The first-order valence-corrected chi connectivity index (χ1v) is 18.4. The normalized spacial score (nSPS) is 10.8. The number of nitrogens with zero attached hydrogens (tertiary/aromatic N) is 4. The number of hydrogen-bond donors (Lipinski definition) is 0. The third-order valence-electron chi connectivity index (χ3n) is 4.81. The van der Waals surface area contributed by atoms with Gasteiger partial charge in [-0.2, -0.15) is 0 Å². The van der Waals surface area contributed by atoms with E-state index >= 15 is 0 Å². The second-order valence-corrected chi connectivity index (χ2v) is 16.9. The van der Waals surface area contributed by atoms with Gasteiger partial charge in [0.2, 0.25) is 31.9 Å². The second-order valence-electron chi connectivity index (χ2n) is 10.2. The zero-order valence-electron chi connectivity index (χ0n) is 28.8. The highest BCUT2D eigenvalue weighted by Gasteiger charge is 2.18. The van der Waals surface area contributed by atoms with Crippen LogP contribution in [0.4, 0.5) is 0 Å². The summed E-state index contributed by atoms with van der Waals surface area (Å²) in [4.78, 5) is 33.8. The Morgan fingerprint density at radius 3 is 0.878 bits per heavy atom. The molecule has 0 aromatic rings. The predicted octanol–water partition coefficient (Wildman–Crippen LogP) is 1.80. The van der Waals surface area contributed by atoms with Gasteiger partial charge in [-0.3, -0.25) is 9.59 Å². The molecule has 0 aliphatic rings. The van der Waals surface area contributed by atoms with Crippen LogP contribution in [0.2, 0.25) is 0 Å². The summed E-state index contributed by atoms with van der Waals surface area (Å²) < 4.78 is 63.9. The van der Waals surface area contributed by atoms with Gasteiger partial charge in [-0.05, 0) is 27.7 Å². The summed E-state index contributed by atoms with van der Waals surface area (Å²) >= 11 is 0. The van der Waals surface area contributed by atoms with E-state index in [2.05, 4.69) is 0 Å². The number of Topliss-reactive ketones (excluding diaryl/α,β-unsaturated/α-hetero) is 1. The molecule has 0 N–H and O–H groups in total. The molecular weight excluding hydrogens is 596 g/mol. The fraction of sp³-hybridized carbons (Fsp3) is 0.880. The van der Waals surface area contributed by atoms with Crippen LogP contribution < -0.4 is 0 Å². The van der Waals surface area contributed by atoms with Crippen molar-refractivity contribution in [2.45, 2.75) is 74.3 Å². The number of sulfonamides is 2. The second kappa shape index (κ2) is 24.9. The molecule has 0 aliphatic heterocycles. The summed E-state index contributed by atoms with van der Waals surface area (Å²) in [6.07, 6.45) is 4.23. The Bertz CT molecular complexity index is 1030. The molecule has 0 unspecified atom stereocenters. The molecular formula is C25H60N4O9S3. The van der Waals surface area contributed by atoms with Crippen LogP contribution in [0.3, 0.4) is 0 Å². The highest BCUT2D eigenvalue weighted by molar-refractivity contribution is 7.90. The predicted molar refractivity (Wildman–Crippen MR) is 171 cm³/mol. The molecule has 0 fully saturated rings. The summed E-state index contributed by atoms with van der Waals surface area (Å²) in [5.41, 5.74) is -0.0359. The standard InChI is InChI=1S/C7H15NO.C4H11NO2S.C4H9NO.C4H8O.C3H9NO2S.C3H8O2S/c1-6(9)8(5)7(2,3)4;1-4-5(2)8(3,6)7;1-4(6)5(2)3;1-3-4(2)5;1-4(2)7(3,5)6;1-3-6(2,4)5/h1-5H3;4H2,1-3H3;1-3H3;3H2,1-2H3;1-3H3;3H2,1-2H3. The van der Waals surface area contributed by atoms with Crippen molar-refractivity contribution in [3.05, 3.63) is 0 Å². The van der Waals surface area contributed by atoms with Crippen molar-refractivity contribution in [1.29, 1.82) is 0 Å². The molecule has 0 saturated carbocycles. The van der Waals surface area contributed by atoms with Crippen LogP contribution in [0, 0.1) is 0 Å². The largest absolute Gasteiger partial charge is 0.349 e. The highest BCUT2D eigenvalue weighted by atomic mass is 32.2. The van der Waals surface area contributed by atoms with Gasteiger partial charge in [-0.1, -0.05) is 20.8 Å². The first kappa shape index (κ1) is 52.1. The molecule has 0 aromatic heterocycles. The van der Waals surface area contributed by atoms with Crippen LogP contribution in [-0.4, -0.2) is 140 Å². The quantitative estimate of drug-likeness (QED) is 0.429. The van der Waals surface area contributed by atoms with Gasteiger partial charge in [0.05, 0.1) is 12.5 Å². The Hall–Kier alpha value is -1.62. The van der Waals surface area contributed by atoms with Gasteiger partial charge in [-0.15, -0.1) is 0 Å². The Morgan fingerprint density at radius 1 is 0.634 bits per heavy atom. The van der Waals surface area contributed by atoms with E-state index in [-0.39, 0.29) is 28.9 Å². The molecule has 2 amide bonds. The first-order chi connectivity index (χ1) is 17.8. The SMILES string of the molecule is CC(=O)N(C)C.CC(=O)N(C)C(C)(C)C.CCC(C)=O.CCN(C)S(C)(=O)=O.CCS(C)(=O)=O.CN(C)S(C)(=O)=O. The molecule has 0 heterocycles. The van der Waals surface area contributed by atoms with E-state index in [0.29, 0.717) is 13.0 Å². The number of rotatable bonds is 5. The van der Waals surface area contributed by atoms with Crippen molar-refractivity contribution in [3.8, 4) is 0 Å². The van der Waals surface area contributed by atoms with Gasteiger partial charge < -0.3 is 14.6 Å². The molecule has 0 saturated heterocycles. The number of carbonyl (C=O) groups is 3. The monoisotopic (exact) mass is 656 g/mol. The summed E-state index contributed by atoms with van der Waals surface area (Å²) in [7, 11) is 1.31. The molecule has 0 aromatic carbocycles. The van der Waals surface area contributed by atoms with Crippen molar-refractivity contribution in [3.63, 3.8) is 0 Å². The van der Waals surface area contributed by atoms with Crippen LogP contribution in [0.15, 0.2) is 0 Å². The Morgan fingerprint density at radius 2 is 0.878 bits per heavy atom. The average molecular weight is 657 g/mol. The first-order valence-electron chi connectivity index (χ1n) is 12.6. The van der Waals surface area contributed by atoms with Gasteiger partial charge in [0, 0.05) is 86.6 Å². The van der Waals surface area contributed by atoms with Crippen molar-refractivity contribution in [2.75, 3.05) is 73.4 Å². The zero-order valence-corrected chi connectivity index (χ0v) is 31.3. The van der Waals surface area contributed by atoms with Gasteiger partial charge in [0.25, 0.3) is 0 Å². The molecule has 13 nitrogen and oxygen atoms in total. The summed E-state index contributed by atoms with van der Waals surface area (Å²) in [6.45, 7) is 16.5. The van der Waals surface area contributed by atoms with E-state index in [1.54, 1.807) is 53.7 Å². The van der Waals surface area contributed by atoms with Gasteiger partial charge >= 0.3 is 0 Å². The molecule has 0 bridgehead atoms. The molecule has 0 radical (unpaired) electrons. The smallest absolute Gasteiger partial charge is 0.219 e. The number of carbonyl (C=O) groups excluding carboxylic acids is 3. The van der Waals surface area contributed by atoms with Crippen LogP contribution in [0.25, 0.3) is 0 Å². The number of sulfone groups is 1. The maximum absolute atomic E-state index is 10.7. The van der Waals surface area contributed by atoms with Gasteiger partial charge in [-0.25, -0.2) is 33.9 Å². The van der Waals surface area contributed by atoms with E-state index < -0.39 is 29.9 Å². The van der Waals surface area contributed by atoms with E-state index in [4.69, 9.17) is 0 Å². The van der Waals surface area contributed by atoms with E-state index in [0.717, 1.165) is 10.6 Å². The van der Waals surface area contributed by atoms with Crippen molar-refractivity contribution >= 4 is 47.5 Å². The minimum absolute atomic E-state index is 0.0359. The summed E-state index contributed by atoms with van der Waals surface area (Å²) in [5, 5.41) is 0. The summed E-state index contributed by atoms with van der Waals surface area (Å²) in [5.74, 6) is 0.704. The molecule has 0 atom stereocenters. The number of ketones is 1. The lowest BCUT2D eigenvalue weighted by atomic mass is 10.1. The minimum Gasteiger partial charge on any atom is -0.349 e. The lowest BCUT2D eigenvalue weighted by molar-refractivity contribution is -0.131. The third-order valence-corrected chi connectivity index (χ3v) is 8.57. The Kier molecular flexibility index (Phi) is 31.7. The molecule has 252 valence electrons.